The number of guanidine groups is 1. The number of hydrogen-bond acceptors (Lipinski definition) is 4. The van der Waals surface area contributed by atoms with E-state index in [1.54, 1.807) is 11.3 Å². The molecule has 3 rings (SSSR count). The standard InChI is InChI=1S/C19H32N4OS.HI/c1-4-20-18(21-10-7-17-15(2)22-16(3)25-17)23-11-5-8-19(13-23)9-6-12-24-14-19;/h4-14H2,1-3H3,(H,20,21);1H. The van der Waals surface area contributed by atoms with Gasteiger partial charge in [-0.3, -0.25) is 4.99 Å². The largest absolute Gasteiger partial charge is 0.381 e. The van der Waals surface area contributed by atoms with Gasteiger partial charge in [-0.05, 0) is 46.5 Å². The SMILES string of the molecule is CCNC(=NCCc1sc(C)nc1C)N1CCCC2(CCCOC2)C1.I. The molecule has 1 unspecified atom stereocenters. The van der Waals surface area contributed by atoms with Crippen molar-refractivity contribution in [2.75, 3.05) is 39.4 Å². The molecule has 0 saturated carbocycles. The molecule has 3 heterocycles. The molecule has 5 nitrogen and oxygen atoms in total. The summed E-state index contributed by atoms with van der Waals surface area (Å²) in [7, 11) is 0. The predicted octanol–water partition coefficient (Wildman–Crippen LogP) is 3.78. The number of hydrogen-bond donors (Lipinski definition) is 1. The van der Waals surface area contributed by atoms with Gasteiger partial charge in [-0.15, -0.1) is 35.3 Å². The average molecular weight is 492 g/mol. The van der Waals surface area contributed by atoms with Gasteiger partial charge in [0.05, 0.1) is 17.3 Å². The van der Waals surface area contributed by atoms with Crippen molar-refractivity contribution in [3.8, 4) is 0 Å². The number of piperidine rings is 1. The first-order chi connectivity index (χ1) is 12.1. The van der Waals surface area contributed by atoms with Crippen LogP contribution in [0.5, 0.6) is 0 Å². The zero-order valence-corrected chi connectivity index (χ0v) is 19.5. The van der Waals surface area contributed by atoms with Crippen molar-refractivity contribution in [2.24, 2.45) is 10.4 Å². The van der Waals surface area contributed by atoms with E-state index in [1.165, 1.54) is 36.3 Å². The Morgan fingerprint density at radius 1 is 1.35 bits per heavy atom. The molecular formula is C19H33IN4OS. The molecule has 26 heavy (non-hydrogen) atoms. The van der Waals surface area contributed by atoms with Gasteiger partial charge in [0.15, 0.2) is 5.96 Å². The molecule has 7 heteroatoms. The minimum absolute atomic E-state index is 0. The Bertz CT molecular complexity index is 593. The highest BCUT2D eigenvalue weighted by molar-refractivity contribution is 14.0. The minimum Gasteiger partial charge on any atom is -0.381 e. The molecule has 2 fully saturated rings. The van der Waals surface area contributed by atoms with Crippen LogP contribution in [0.2, 0.25) is 0 Å². The molecule has 1 atom stereocenters. The Morgan fingerprint density at radius 2 is 2.15 bits per heavy atom. The molecular weight excluding hydrogens is 459 g/mol. The number of rotatable bonds is 4. The molecule has 0 radical (unpaired) electrons. The van der Waals surface area contributed by atoms with E-state index in [2.05, 4.69) is 36.0 Å². The summed E-state index contributed by atoms with van der Waals surface area (Å²) in [5, 5.41) is 4.65. The van der Waals surface area contributed by atoms with Crippen molar-refractivity contribution in [3.05, 3.63) is 15.6 Å². The molecule has 2 saturated heterocycles. The van der Waals surface area contributed by atoms with E-state index in [4.69, 9.17) is 9.73 Å². The average Bonchev–Trinajstić information content (AvgIpc) is 2.92. The molecule has 0 aromatic carbocycles. The molecule has 2 aliphatic heterocycles. The van der Waals surface area contributed by atoms with E-state index in [0.29, 0.717) is 5.41 Å². The lowest BCUT2D eigenvalue weighted by molar-refractivity contribution is -0.0370. The van der Waals surface area contributed by atoms with Crippen LogP contribution in [0, 0.1) is 19.3 Å². The van der Waals surface area contributed by atoms with Gasteiger partial charge in [0.25, 0.3) is 0 Å². The summed E-state index contributed by atoms with van der Waals surface area (Å²) in [5.74, 6) is 1.08. The van der Waals surface area contributed by atoms with Gasteiger partial charge in [-0.2, -0.15) is 0 Å². The molecule has 1 aromatic rings. The highest BCUT2D eigenvalue weighted by Gasteiger charge is 2.38. The van der Waals surface area contributed by atoms with Crippen molar-refractivity contribution in [1.29, 1.82) is 0 Å². The molecule has 148 valence electrons. The Morgan fingerprint density at radius 3 is 2.81 bits per heavy atom. The third-order valence-electron chi connectivity index (χ3n) is 5.30. The molecule has 1 spiro atoms. The van der Waals surface area contributed by atoms with E-state index in [-0.39, 0.29) is 24.0 Å². The Labute approximate surface area is 179 Å². The van der Waals surface area contributed by atoms with Crippen molar-refractivity contribution in [2.45, 2.75) is 52.9 Å². The zero-order valence-electron chi connectivity index (χ0n) is 16.3. The van der Waals surface area contributed by atoms with Crippen LogP contribution < -0.4 is 5.32 Å². The van der Waals surface area contributed by atoms with E-state index in [1.807, 2.05) is 0 Å². The van der Waals surface area contributed by atoms with E-state index in [0.717, 1.165) is 56.8 Å². The number of halogens is 1. The highest BCUT2D eigenvalue weighted by atomic mass is 127. The number of aromatic nitrogens is 1. The maximum absolute atomic E-state index is 5.81. The number of aryl methyl sites for hydroxylation is 2. The van der Waals surface area contributed by atoms with Crippen LogP contribution >= 0.6 is 35.3 Å². The van der Waals surface area contributed by atoms with Crippen LogP contribution in [0.25, 0.3) is 0 Å². The summed E-state index contributed by atoms with van der Waals surface area (Å²) < 4.78 is 5.81. The van der Waals surface area contributed by atoms with Gasteiger partial charge in [-0.1, -0.05) is 0 Å². The predicted molar refractivity (Wildman–Crippen MR) is 120 cm³/mol. The second kappa shape index (κ2) is 10.2. The Balaban J connectivity index is 0.00000243. The molecule has 0 amide bonds. The second-order valence-corrected chi connectivity index (χ2v) is 8.70. The maximum Gasteiger partial charge on any atom is 0.193 e. The van der Waals surface area contributed by atoms with Crippen LogP contribution in [0.15, 0.2) is 4.99 Å². The second-order valence-electron chi connectivity index (χ2n) is 7.41. The fourth-order valence-corrected chi connectivity index (χ4v) is 5.04. The van der Waals surface area contributed by atoms with Gasteiger partial charge >= 0.3 is 0 Å². The van der Waals surface area contributed by atoms with Crippen molar-refractivity contribution >= 4 is 41.3 Å². The molecule has 0 bridgehead atoms. The number of nitrogens with zero attached hydrogens (tertiary/aromatic N) is 3. The summed E-state index contributed by atoms with van der Waals surface area (Å²) in [6.45, 7) is 12.1. The lowest BCUT2D eigenvalue weighted by Gasteiger charge is -2.45. The van der Waals surface area contributed by atoms with Crippen molar-refractivity contribution in [1.82, 2.24) is 15.2 Å². The van der Waals surface area contributed by atoms with Gasteiger partial charge in [0, 0.05) is 49.5 Å². The van der Waals surface area contributed by atoms with Crippen LogP contribution in [-0.4, -0.2) is 55.2 Å². The fraction of sp³-hybridized carbons (Fsp3) is 0.789. The number of nitrogens with one attached hydrogen (secondary N) is 1. The van der Waals surface area contributed by atoms with E-state index < -0.39 is 0 Å². The zero-order chi connectivity index (χ0) is 17.7. The first-order valence-corrected chi connectivity index (χ1v) is 10.5. The number of thiazole rings is 1. The lowest BCUT2D eigenvalue weighted by Crippen LogP contribution is -2.53. The monoisotopic (exact) mass is 492 g/mol. The number of ether oxygens (including phenoxy) is 1. The third-order valence-corrected chi connectivity index (χ3v) is 6.43. The first-order valence-electron chi connectivity index (χ1n) is 9.66. The summed E-state index contributed by atoms with van der Waals surface area (Å²) in [5.41, 5.74) is 1.51. The van der Waals surface area contributed by atoms with Crippen LogP contribution in [0.4, 0.5) is 0 Å². The lowest BCUT2D eigenvalue weighted by atomic mass is 9.76. The molecule has 1 N–H and O–H groups in total. The Hall–Kier alpha value is -0.410. The summed E-state index contributed by atoms with van der Waals surface area (Å²) in [6.07, 6.45) is 6.01. The molecule has 2 aliphatic rings. The van der Waals surface area contributed by atoms with Crippen molar-refractivity contribution in [3.63, 3.8) is 0 Å². The normalized spacial score (nSPS) is 23.8. The van der Waals surface area contributed by atoms with Crippen LogP contribution in [-0.2, 0) is 11.2 Å². The summed E-state index contributed by atoms with van der Waals surface area (Å²) in [4.78, 5) is 13.3. The van der Waals surface area contributed by atoms with Gasteiger partial charge in [-0.25, -0.2) is 4.98 Å². The fourth-order valence-electron chi connectivity index (χ4n) is 4.12. The van der Waals surface area contributed by atoms with Crippen LogP contribution in [0.3, 0.4) is 0 Å². The van der Waals surface area contributed by atoms with Crippen molar-refractivity contribution < 1.29 is 4.74 Å². The van der Waals surface area contributed by atoms with Crippen LogP contribution in [0.1, 0.15) is 48.2 Å². The topological polar surface area (TPSA) is 49.8 Å². The maximum atomic E-state index is 5.81. The number of aliphatic imine (C=N–C) groups is 1. The molecule has 1 aromatic heterocycles. The smallest absolute Gasteiger partial charge is 0.193 e. The van der Waals surface area contributed by atoms with Gasteiger partial charge in [0.1, 0.15) is 0 Å². The minimum atomic E-state index is 0. The van der Waals surface area contributed by atoms with Gasteiger partial charge in [0.2, 0.25) is 0 Å². The van der Waals surface area contributed by atoms with Gasteiger partial charge < -0.3 is 15.0 Å². The number of likely N-dealkylation sites (tertiary alicyclic amines) is 1. The molecule has 0 aliphatic carbocycles. The highest BCUT2D eigenvalue weighted by Crippen LogP contribution is 2.37. The first kappa shape index (κ1) is 21.9. The summed E-state index contributed by atoms with van der Waals surface area (Å²) >= 11 is 1.80. The summed E-state index contributed by atoms with van der Waals surface area (Å²) in [6, 6.07) is 0. The van der Waals surface area contributed by atoms with E-state index >= 15 is 0 Å². The van der Waals surface area contributed by atoms with E-state index in [9.17, 15) is 0 Å². The quantitative estimate of drug-likeness (QED) is 0.395. The third kappa shape index (κ3) is 5.55. The Kier molecular flexibility index (Phi) is 8.60.